The molecule has 0 unspecified atom stereocenters. The minimum Gasteiger partial charge on any atom is -0.465 e. The van der Waals surface area contributed by atoms with E-state index in [0.29, 0.717) is 5.56 Å². The Bertz CT molecular complexity index is 919. The Balaban J connectivity index is 2.11. The number of hydrogen-bond donors (Lipinski definition) is 2. The molecule has 0 saturated carbocycles. The first-order valence-corrected chi connectivity index (χ1v) is 7.24. The largest absolute Gasteiger partial charge is 0.465 e. The van der Waals surface area contributed by atoms with E-state index in [1.807, 2.05) is 31.2 Å². The molecule has 6 heteroatoms. The zero-order chi connectivity index (χ0) is 17.1. The smallest absolute Gasteiger partial charge is 0.410 e. The summed E-state index contributed by atoms with van der Waals surface area (Å²) in [5, 5.41) is 24.4. The van der Waals surface area contributed by atoms with E-state index in [2.05, 4.69) is 16.5 Å². The fraction of sp³-hybridized carbons (Fsp3) is 0.0556. The summed E-state index contributed by atoms with van der Waals surface area (Å²) in [5.41, 5.74) is 4.08. The van der Waals surface area contributed by atoms with E-state index in [9.17, 15) is 4.79 Å². The molecule has 2 aromatic carbocycles. The zero-order valence-corrected chi connectivity index (χ0v) is 12.9. The van der Waals surface area contributed by atoms with Gasteiger partial charge < -0.3 is 5.11 Å². The minimum absolute atomic E-state index is 0.238. The van der Waals surface area contributed by atoms with Crippen LogP contribution in [0.3, 0.4) is 0 Å². The normalized spacial score (nSPS) is 10.2. The predicted octanol–water partition coefficient (Wildman–Crippen LogP) is 3.81. The van der Waals surface area contributed by atoms with Crippen LogP contribution in [0.5, 0.6) is 0 Å². The van der Waals surface area contributed by atoms with Crippen LogP contribution in [0.15, 0.2) is 54.6 Å². The number of benzene rings is 2. The van der Waals surface area contributed by atoms with Crippen molar-refractivity contribution in [2.24, 2.45) is 0 Å². The minimum atomic E-state index is -1.17. The highest BCUT2D eigenvalue weighted by Gasteiger charge is 2.13. The van der Waals surface area contributed by atoms with Gasteiger partial charge in [0.15, 0.2) is 5.82 Å². The van der Waals surface area contributed by atoms with Crippen LogP contribution in [0.4, 0.5) is 10.6 Å². The van der Waals surface area contributed by atoms with Gasteiger partial charge in [0.2, 0.25) is 0 Å². The molecule has 0 saturated heterocycles. The Hall–Kier alpha value is -3.59. The van der Waals surface area contributed by atoms with Crippen molar-refractivity contribution in [2.75, 3.05) is 5.32 Å². The summed E-state index contributed by atoms with van der Waals surface area (Å²) in [5.74, 6) is 0.238. The molecule has 24 heavy (non-hydrogen) atoms. The van der Waals surface area contributed by atoms with Crippen molar-refractivity contribution < 1.29 is 9.90 Å². The topological polar surface area (TPSA) is 90.9 Å². The zero-order valence-electron chi connectivity index (χ0n) is 12.9. The van der Waals surface area contributed by atoms with Gasteiger partial charge in [0, 0.05) is 11.6 Å². The van der Waals surface area contributed by atoms with Gasteiger partial charge in [-0.25, -0.2) is 9.48 Å². The number of rotatable bonds is 3. The van der Waals surface area contributed by atoms with Crippen molar-refractivity contribution >= 4 is 11.9 Å². The lowest BCUT2D eigenvalue weighted by Crippen LogP contribution is -2.08. The molecule has 0 fully saturated rings. The van der Waals surface area contributed by atoms with Crippen LogP contribution in [-0.2, 0) is 0 Å². The van der Waals surface area contributed by atoms with Crippen molar-refractivity contribution in [1.29, 1.82) is 5.26 Å². The highest BCUT2D eigenvalue weighted by molar-refractivity contribution is 5.83. The number of carboxylic acid groups (broad SMARTS) is 1. The van der Waals surface area contributed by atoms with E-state index >= 15 is 0 Å². The maximum atomic E-state index is 10.9. The quantitative estimate of drug-likeness (QED) is 0.768. The van der Waals surface area contributed by atoms with Gasteiger partial charge in [-0.3, -0.25) is 5.32 Å². The lowest BCUT2D eigenvalue weighted by atomic mass is 10.1. The molecule has 1 amide bonds. The van der Waals surface area contributed by atoms with Gasteiger partial charge in [0.25, 0.3) is 0 Å². The van der Waals surface area contributed by atoms with Gasteiger partial charge in [0.1, 0.15) is 0 Å². The van der Waals surface area contributed by atoms with Crippen molar-refractivity contribution in [3.63, 3.8) is 0 Å². The Morgan fingerprint density at radius 1 is 1.17 bits per heavy atom. The molecule has 1 aromatic heterocycles. The molecule has 0 radical (unpaired) electrons. The third-order valence-corrected chi connectivity index (χ3v) is 3.53. The third-order valence-electron chi connectivity index (χ3n) is 3.53. The van der Waals surface area contributed by atoms with E-state index in [4.69, 9.17) is 10.4 Å². The number of carbonyl (C=O) groups is 1. The summed E-state index contributed by atoms with van der Waals surface area (Å²) in [6, 6.07) is 18.6. The molecule has 1 heterocycles. The van der Waals surface area contributed by atoms with E-state index in [0.717, 1.165) is 22.5 Å². The monoisotopic (exact) mass is 318 g/mol. The van der Waals surface area contributed by atoms with Crippen molar-refractivity contribution in [1.82, 2.24) is 9.78 Å². The first kappa shape index (κ1) is 15.3. The summed E-state index contributed by atoms with van der Waals surface area (Å²) in [6.07, 6.45) is -1.17. The molecule has 0 spiro atoms. The molecule has 0 aliphatic rings. The van der Waals surface area contributed by atoms with E-state index in [1.54, 1.807) is 35.0 Å². The number of anilines is 1. The first-order chi connectivity index (χ1) is 11.6. The van der Waals surface area contributed by atoms with Gasteiger partial charge in [-0.2, -0.15) is 5.26 Å². The Morgan fingerprint density at radius 3 is 2.42 bits per heavy atom. The lowest BCUT2D eigenvalue weighted by Gasteiger charge is -2.08. The van der Waals surface area contributed by atoms with Gasteiger partial charge in [-0.1, -0.05) is 29.8 Å². The number of nitrogens with zero attached hydrogens (tertiary/aromatic N) is 3. The van der Waals surface area contributed by atoms with Crippen molar-refractivity contribution in [3.05, 3.63) is 65.7 Å². The van der Waals surface area contributed by atoms with Crippen molar-refractivity contribution in [3.8, 4) is 23.0 Å². The Morgan fingerprint density at radius 2 is 1.83 bits per heavy atom. The number of nitriles is 1. The third kappa shape index (κ3) is 3.10. The molecule has 0 bridgehead atoms. The highest BCUT2D eigenvalue weighted by atomic mass is 16.4. The van der Waals surface area contributed by atoms with Crippen LogP contribution in [-0.4, -0.2) is 21.0 Å². The van der Waals surface area contributed by atoms with Gasteiger partial charge in [-0.05, 0) is 31.2 Å². The number of aromatic nitrogens is 2. The fourth-order valence-corrected chi connectivity index (χ4v) is 2.36. The molecular formula is C18H14N4O2. The second kappa shape index (κ2) is 6.26. The number of aryl methyl sites for hydroxylation is 1. The van der Waals surface area contributed by atoms with Crippen LogP contribution in [0, 0.1) is 18.3 Å². The van der Waals surface area contributed by atoms with Crippen LogP contribution < -0.4 is 5.32 Å². The van der Waals surface area contributed by atoms with Crippen LogP contribution in [0.2, 0.25) is 0 Å². The maximum Gasteiger partial charge on any atom is 0.410 e. The Labute approximate surface area is 138 Å². The summed E-state index contributed by atoms with van der Waals surface area (Å²) in [7, 11) is 0. The predicted molar refractivity (Wildman–Crippen MR) is 90.1 cm³/mol. The number of amides is 1. The van der Waals surface area contributed by atoms with Crippen LogP contribution in [0.25, 0.3) is 16.9 Å². The second-order valence-corrected chi connectivity index (χ2v) is 5.28. The molecule has 0 atom stereocenters. The summed E-state index contributed by atoms with van der Waals surface area (Å²) < 4.78 is 1.65. The molecule has 118 valence electrons. The highest BCUT2D eigenvalue weighted by Crippen LogP contribution is 2.26. The lowest BCUT2D eigenvalue weighted by molar-refractivity contribution is 0.209. The van der Waals surface area contributed by atoms with Crippen molar-refractivity contribution in [2.45, 2.75) is 6.92 Å². The number of nitrogens with one attached hydrogen (secondary N) is 1. The van der Waals surface area contributed by atoms with E-state index < -0.39 is 6.09 Å². The summed E-state index contributed by atoms with van der Waals surface area (Å²) >= 11 is 0. The molecule has 3 aromatic rings. The average Bonchev–Trinajstić information content (AvgIpc) is 2.98. The van der Waals surface area contributed by atoms with Gasteiger partial charge >= 0.3 is 6.09 Å². The standard InChI is InChI=1S/C18H14N4O2/c1-12-2-6-14(7-3-12)16-10-17(20-18(23)24)21-22(16)15-8-4-13(11-19)5-9-15/h2-10H,1H3,(H,20,21)(H,23,24). The fourth-order valence-electron chi connectivity index (χ4n) is 2.36. The summed E-state index contributed by atoms with van der Waals surface area (Å²) in [4.78, 5) is 10.9. The second-order valence-electron chi connectivity index (χ2n) is 5.28. The summed E-state index contributed by atoms with van der Waals surface area (Å²) in [6.45, 7) is 2.00. The SMILES string of the molecule is Cc1ccc(-c2cc(NC(=O)O)nn2-c2ccc(C#N)cc2)cc1. The molecular weight excluding hydrogens is 304 g/mol. The molecule has 2 N–H and O–H groups in total. The molecule has 0 aliphatic heterocycles. The van der Waals surface area contributed by atoms with Crippen LogP contribution >= 0.6 is 0 Å². The molecule has 6 nitrogen and oxygen atoms in total. The molecule has 0 aliphatic carbocycles. The van der Waals surface area contributed by atoms with E-state index in [1.165, 1.54) is 0 Å². The van der Waals surface area contributed by atoms with Gasteiger partial charge in [-0.15, -0.1) is 5.10 Å². The Kier molecular flexibility index (Phi) is 4.00. The van der Waals surface area contributed by atoms with E-state index in [-0.39, 0.29) is 5.82 Å². The average molecular weight is 318 g/mol. The maximum absolute atomic E-state index is 10.9. The first-order valence-electron chi connectivity index (χ1n) is 7.24. The van der Waals surface area contributed by atoms with Gasteiger partial charge in [0.05, 0.1) is 23.0 Å². The molecule has 3 rings (SSSR count). The van der Waals surface area contributed by atoms with Crippen LogP contribution in [0.1, 0.15) is 11.1 Å². The number of hydrogen-bond acceptors (Lipinski definition) is 3.